The fraction of sp³-hybridized carbons (Fsp3) is 0.211. The van der Waals surface area contributed by atoms with Gasteiger partial charge in [0.15, 0.2) is 0 Å². The molecule has 1 aromatic heterocycles. The van der Waals surface area contributed by atoms with Gasteiger partial charge in [0.1, 0.15) is 0 Å². The summed E-state index contributed by atoms with van der Waals surface area (Å²) < 4.78 is 0. The molecule has 0 unspecified atom stereocenters. The van der Waals surface area contributed by atoms with Gasteiger partial charge in [0.25, 0.3) is 5.91 Å². The molecule has 1 heterocycles. The van der Waals surface area contributed by atoms with Gasteiger partial charge in [-0.3, -0.25) is 9.78 Å². The van der Waals surface area contributed by atoms with E-state index in [1.165, 1.54) is 0 Å². The van der Waals surface area contributed by atoms with Crippen LogP contribution in [0, 0.1) is 0 Å². The van der Waals surface area contributed by atoms with E-state index in [0.29, 0.717) is 17.8 Å². The van der Waals surface area contributed by atoms with Crippen LogP contribution in [-0.2, 0) is 0 Å². The van der Waals surface area contributed by atoms with Gasteiger partial charge < -0.3 is 15.5 Å². The molecule has 2 rings (SSSR count). The van der Waals surface area contributed by atoms with Crippen LogP contribution >= 0.6 is 0 Å². The molecular formula is C19H22N4O2. The van der Waals surface area contributed by atoms with E-state index in [1.54, 1.807) is 42.6 Å². The summed E-state index contributed by atoms with van der Waals surface area (Å²) in [6, 6.07) is 10.4. The van der Waals surface area contributed by atoms with Gasteiger partial charge in [-0.05, 0) is 36.8 Å². The van der Waals surface area contributed by atoms with Crippen LogP contribution in [0.3, 0.4) is 0 Å². The minimum Gasteiger partial charge on any atom is -0.331 e. The first-order chi connectivity index (χ1) is 12.0. The van der Waals surface area contributed by atoms with Gasteiger partial charge in [0, 0.05) is 37.2 Å². The molecule has 0 aliphatic rings. The van der Waals surface area contributed by atoms with E-state index in [2.05, 4.69) is 22.2 Å². The number of amides is 3. The Morgan fingerprint density at radius 1 is 1.20 bits per heavy atom. The molecule has 6 nitrogen and oxygen atoms in total. The van der Waals surface area contributed by atoms with E-state index in [9.17, 15) is 9.59 Å². The quantitative estimate of drug-likeness (QED) is 0.794. The lowest BCUT2D eigenvalue weighted by Gasteiger charge is -2.20. The van der Waals surface area contributed by atoms with Gasteiger partial charge in [-0.1, -0.05) is 18.2 Å². The number of anilines is 1. The largest absolute Gasteiger partial charge is 0.331 e. The van der Waals surface area contributed by atoms with Crippen molar-refractivity contribution in [2.45, 2.75) is 13.0 Å². The molecule has 0 aliphatic heterocycles. The molecular weight excluding hydrogens is 316 g/mol. The van der Waals surface area contributed by atoms with Crippen molar-refractivity contribution in [1.82, 2.24) is 15.2 Å². The van der Waals surface area contributed by atoms with Crippen molar-refractivity contribution in [3.05, 3.63) is 72.6 Å². The molecule has 0 saturated heterocycles. The summed E-state index contributed by atoms with van der Waals surface area (Å²) in [4.78, 5) is 29.5. The molecule has 1 aromatic carbocycles. The zero-order valence-electron chi connectivity index (χ0n) is 14.4. The van der Waals surface area contributed by atoms with Gasteiger partial charge in [0.2, 0.25) is 0 Å². The van der Waals surface area contributed by atoms with Crippen molar-refractivity contribution in [2.75, 3.05) is 18.9 Å². The molecule has 3 amide bonds. The number of rotatable bonds is 6. The van der Waals surface area contributed by atoms with Crippen molar-refractivity contribution in [3.8, 4) is 0 Å². The van der Waals surface area contributed by atoms with Crippen molar-refractivity contribution in [2.24, 2.45) is 0 Å². The van der Waals surface area contributed by atoms with E-state index in [4.69, 9.17) is 0 Å². The second-order valence-corrected chi connectivity index (χ2v) is 5.65. The van der Waals surface area contributed by atoms with Crippen molar-refractivity contribution >= 4 is 17.6 Å². The second-order valence-electron chi connectivity index (χ2n) is 5.65. The third kappa shape index (κ3) is 5.17. The summed E-state index contributed by atoms with van der Waals surface area (Å²) in [5.41, 5.74) is 2.18. The highest BCUT2D eigenvalue weighted by atomic mass is 16.2. The Bertz CT molecular complexity index is 729. The molecule has 130 valence electrons. The lowest BCUT2D eigenvalue weighted by Crippen LogP contribution is -2.38. The van der Waals surface area contributed by atoms with Crippen molar-refractivity contribution < 1.29 is 9.59 Å². The molecule has 0 fully saturated rings. The minimum absolute atomic E-state index is 0.148. The minimum atomic E-state index is -0.192. The Hall–Kier alpha value is -3.15. The molecule has 0 radical (unpaired) electrons. The monoisotopic (exact) mass is 338 g/mol. The van der Waals surface area contributed by atoms with Crippen LogP contribution in [0.2, 0.25) is 0 Å². The number of likely N-dealkylation sites (N-methyl/N-ethyl adjacent to an activating group) is 1. The summed E-state index contributed by atoms with van der Waals surface area (Å²) in [6.45, 7) is 6.01. The maximum Gasteiger partial charge on any atom is 0.317 e. The van der Waals surface area contributed by atoms with E-state index < -0.39 is 0 Å². The van der Waals surface area contributed by atoms with Gasteiger partial charge in [-0.15, -0.1) is 6.58 Å². The van der Waals surface area contributed by atoms with E-state index in [1.807, 2.05) is 31.2 Å². The summed E-state index contributed by atoms with van der Waals surface area (Å²) in [7, 11) is 1.71. The average Bonchev–Trinajstić information content (AvgIpc) is 2.63. The van der Waals surface area contributed by atoms with Crippen LogP contribution in [-0.4, -0.2) is 35.4 Å². The summed E-state index contributed by atoms with van der Waals surface area (Å²) in [6.07, 6.45) is 4.82. The number of hydrogen-bond acceptors (Lipinski definition) is 3. The first-order valence-electron chi connectivity index (χ1n) is 7.95. The van der Waals surface area contributed by atoms with Gasteiger partial charge in [-0.2, -0.15) is 0 Å². The number of aromatic nitrogens is 1. The Morgan fingerprint density at radius 3 is 2.44 bits per heavy atom. The fourth-order valence-electron chi connectivity index (χ4n) is 2.22. The van der Waals surface area contributed by atoms with Crippen LogP contribution in [0.15, 0.2) is 61.4 Å². The standard InChI is InChI=1S/C19H22N4O2/c1-4-13-23(3)19(25)21-14(2)15-5-7-17(8-6-15)22-18(24)16-9-11-20-12-10-16/h4-12,14H,1,13H2,2-3H3,(H,21,25)(H,22,24)/t14-/m0/s1. The number of benzene rings is 1. The van der Waals surface area contributed by atoms with E-state index in [-0.39, 0.29) is 18.0 Å². The third-order valence-electron chi connectivity index (χ3n) is 3.70. The molecule has 2 N–H and O–H groups in total. The molecule has 0 spiro atoms. The van der Waals surface area contributed by atoms with Crippen LogP contribution < -0.4 is 10.6 Å². The van der Waals surface area contributed by atoms with Crippen LogP contribution in [0.1, 0.15) is 28.9 Å². The molecule has 25 heavy (non-hydrogen) atoms. The van der Waals surface area contributed by atoms with Crippen LogP contribution in [0.5, 0.6) is 0 Å². The van der Waals surface area contributed by atoms with Crippen LogP contribution in [0.25, 0.3) is 0 Å². The predicted molar refractivity (Wildman–Crippen MR) is 98.4 cm³/mol. The van der Waals surface area contributed by atoms with E-state index in [0.717, 1.165) is 5.56 Å². The molecule has 0 saturated carbocycles. The number of urea groups is 1. The summed E-state index contributed by atoms with van der Waals surface area (Å²) >= 11 is 0. The topological polar surface area (TPSA) is 74.3 Å². The molecule has 1 atom stereocenters. The normalized spacial score (nSPS) is 11.3. The molecule has 0 aliphatic carbocycles. The Morgan fingerprint density at radius 2 is 1.84 bits per heavy atom. The zero-order valence-corrected chi connectivity index (χ0v) is 14.4. The third-order valence-corrected chi connectivity index (χ3v) is 3.70. The van der Waals surface area contributed by atoms with Crippen molar-refractivity contribution in [1.29, 1.82) is 0 Å². The maximum absolute atomic E-state index is 12.1. The Labute approximate surface area is 147 Å². The van der Waals surface area contributed by atoms with Crippen molar-refractivity contribution in [3.63, 3.8) is 0 Å². The first-order valence-corrected chi connectivity index (χ1v) is 7.95. The Balaban J connectivity index is 1.96. The van der Waals surface area contributed by atoms with Gasteiger partial charge >= 0.3 is 6.03 Å². The fourth-order valence-corrected chi connectivity index (χ4v) is 2.22. The second kappa shape index (κ2) is 8.63. The van der Waals surface area contributed by atoms with E-state index >= 15 is 0 Å². The SMILES string of the molecule is C=CCN(C)C(=O)N[C@@H](C)c1ccc(NC(=O)c2ccncc2)cc1. The van der Waals surface area contributed by atoms with Crippen LogP contribution in [0.4, 0.5) is 10.5 Å². The zero-order chi connectivity index (χ0) is 18.2. The smallest absolute Gasteiger partial charge is 0.317 e. The molecule has 2 aromatic rings. The highest BCUT2D eigenvalue weighted by molar-refractivity contribution is 6.04. The van der Waals surface area contributed by atoms with Gasteiger partial charge in [0.05, 0.1) is 6.04 Å². The first kappa shape index (κ1) is 18.2. The number of nitrogens with zero attached hydrogens (tertiary/aromatic N) is 2. The maximum atomic E-state index is 12.1. The summed E-state index contributed by atoms with van der Waals surface area (Å²) in [5.74, 6) is -0.192. The highest BCUT2D eigenvalue weighted by Gasteiger charge is 2.12. The lowest BCUT2D eigenvalue weighted by atomic mass is 10.1. The lowest BCUT2D eigenvalue weighted by molar-refractivity contribution is 0.102. The Kier molecular flexibility index (Phi) is 6.28. The average molecular weight is 338 g/mol. The van der Waals surface area contributed by atoms with Gasteiger partial charge in [-0.25, -0.2) is 4.79 Å². The molecule has 0 bridgehead atoms. The highest BCUT2D eigenvalue weighted by Crippen LogP contribution is 2.17. The predicted octanol–water partition coefficient (Wildman–Crippen LogP) is 3.22. The number of carbonyl (C=O) groups is 2. The summed E-state index contributed by atoms with van der Waals surface area (Å²) in [5, 5.41) is 5.74. The number of nitrogens with one attached hydrogen (secondary N) is 2. The number of carbonyl (C=O) groups excluding carboxylic acids is 2. The molecule has 6 heteroatoms. The number of pyridine rings is 1. The number of hydrogen-bond donors (Lipinski definition) is 2.